The van der Waals surface area contributed by atoms with Crippen molar-refractivity contribution in [1.82, 2.24) is 0 Å². The van der Waals surface area contributed by atoms with Gasteiger partial charge in [-0.3, -0.25) is 4.99 Å². The molecule has 1 heterocycles. The van der Waals surface area contributed by atoms with Gasteiger partial charge in [0.1, 0.15) is 11.6 Å². The molecule has 0 saturated heterocycles. The number of nitrogens with zero attached hydrogens (tertiary/aromatic N) is 2. The third-order valence-electron chi connectivity index (χ3n) is 5.01. The molecule has 2 nitrogen and oxygen atoms in total. The normalized spacial score (nSPS) is 19.3. The van der Waals surface area contributed by atoms with E-state index in [9.17, 15) is 8.78 Å². The number of rotatable bonds is 2. The van der Waals surface area contributed by atoms with Crippen LogP contribution in [-0.4, -0.2) is 18.8 Å². The van der Waals surface area contributed by atoms with Crippen molar-refractivity contribution in [3.05, 3.63) is 58.1 Å². The molecular formula is C20H21ClF2N2. The first kappa shape index (κ1) is 17.9. The summed E-state index contributed by atoms with van der Waals surface area (Å²) in [6, 6.07) is 7.61. The molecule has 0 spiro atoms. The average molecular weight is 363 g/mol. The van der Waals surface area contributed by atoms with Crippen LogP contribution in [0.3, 0.4) is 0 Å². The first-order chi connectivity index (χ1) is 11.7. The van der Waals surface area contributed by atoms with Gasteiger partial charge in [-0.2, -0.15) is 0 Å². The lowest BCUT2D eigenvalue weighted by Crippen LogP contribution is -2.45. The Labute approximate surface area is 152 Å². The van der Waals surface area contributed by atoms with Gasteiger partial charge in [0.2, 0.25) is 0 Å². The maximum absolute atomic E-state index is 14.6. The van der Waals surface area contributed by atoms with Crippen LogP contribution in [-0.2, 0) is 0 Å². The summed E-state index contributed by atoms with van der Waals surface area (Å²) in [5, 5.41) is -0.00181. The second-order valence-corrected chi connectivity index (χ2v) is 7.67. The largest absolute Gasteiger partial charge is 0.369 e. The van der Waals surface area contributed by atoms with Crippen molar-refractivity contribution < 1.29 is 8.78 Å². The SMILES string of the molecule is CC1CC(C)(C)N(C)c2cc(F)c(C=Nc3ccc(F)c(Cl)c3)cc21. The van der Waals surface area contributed by atoms with E-state index in [0.29, 0.717) is 17.2 Å². The van der Waals surface area contributed by atoms with E-state index in [0.717, 1.165) is 17.7 Å². The van der Waals surface area contributed by atoms with Crippen LogP contribution < -0.4 is 4.90 Å². The fraction of sp³-hybridized carbons (Fsp3) is 0.350. The van der Waals surface area contributed by atoms with Gasteiger partial charge in [0, 0.05) is 30.1 Å². The zero-order valence-corrected chi connectivity index (χ0v) is 15.5. The highest BCUT2D eigenvalue weighted by Crippen LogP contribution is 2.43. The molecule has 0 amide bonds. The summed E-state index contributed by atoms with van der Waals surface area (Å²) in [6.45, 7) is 6.49. The topological polar surface area (TPSA) is 15.6 Å². The molecular weight excluding hydrogens is 342 g/mol. The molecule has 0 radical (unpaired) electrons. The number of anilines is 1. The van der Waals surface area contributed by atoms with Crippen LogP contribution in [0.25, 0.3) is 0 Å². The van der Waals surface area contributed by atoms with E-state index in [1.54, 1.807) is 6.07 Å². The van der Waals surface area contributed by atoms with Crippen LogP contribution in [0.2, 0.25) is 5.02 Å². The van der Waals surface area contributed by atoms with E-state index in [4.69, 9.17) is 11.6 Å². The molecule has 0 saturated carbocycles. The van der Waals surface area contributed by atoms with E-state index < -0.39 is 5.82 Å². The maximum atomic E-state index is 14.6. The Kier molecular flexibility index (Phi) is 4.58. The first-order valence-corrected chi connectivity index (χ1v) is 8.63. The Bertz CT molecular complexity index is 846. The molecule has 0 bridgehead atoms. The van der Waals surface area contributed by atoms with E-state index in [-0.39, 0.29) is 16.4 Å². The molecule has 3 rings (SSSR count). The number of aliphatic imine (C=N–C) groups is 1. The highest BCUT2D eigenvalue weighted by Gasteiger charge is 2.34. The summed E-state index contributed by atoms with van der Waals surface area (Å²) < 4.78 is 27.8. The van der Waals surface area contributed by atoms with Gasteiger partial charge in [0.05, 0.1) is 10.7 Å². The smallest absolute Gasteiger partial charge is 0.141 e. The molecule has 1 atom stereocenters. The summed E-state index contributed by atoms with van der Waals surface area (Å²) in [5.74, 6) is -0.498. The van der Waals surface area contributed by atoms with Gasteiger partial charge in [-0.1, -0.05) is 18.5 Å². The third-order valence-corrected chi connectivity index (χ3v) is 5.30. The minimum Gasteiger partial charge on any atom is -0.369 e. The molecule has 0 N–H and O–H groups in total. The van der Waals surface area contributed by atoms with Gasteiger partial charge in [-0.05, 0) is 62.1 Å². The second kappa shape index (κ2) is 6.41. The molecule has 0 aromatic heterocycles. The fourth-order valence-electron chi connectivity index (χ4n) is 3.41. The molecule has 0 fully saturated rings. The predicted molar refractivity (Wildman–Crippen MR) is 101 cm³/mol. The minimum atomic E-state index is -0.500. The number of halogens is 3. The Morgan fingerprint density at radius 3 is 2.60 bits per heavy atom. The lowest BCUT2D eigenvalue weighted by atomic mass is 9.80. The Morgan fingerprint density at radius 1 is 1.20 bits per heavy atom. The molecule has 1 unspecified atom stereocenters. The van der Waals surface area contributed by atoms with Gasteiger partial charge in [0.15, 0.2) is 0 Å². The molecule has 1 aliphatic heterocycles. The molecule has 0 aliphatic carbocycles. The van der Waals surface area contributed by atoms with Gasteiger partial charge >= 0.3 is 0 Å². The number of benzene rings is 2. The van der Waals surface area contributed by atoms with E-state index in [2.05, 4.69) is 30.7 Å². The quantitative estimate of drug-likeness (QED) is 0.590. The lowest BCUT2D eigenvalue weighted by Gasteiger charge is -2.45. The Balaban J connectivity index is 1.98. The summed E-state index contributed by atoms with van der Waals surface area (Å²) in [4.78, 5) is 6.36. The van der Waals surface area contributed by atoms with Crippen LogP contribution in [0.4, 0.5) is 20.2 Å². The van der Waals surface area contributed by atoms with Crippen LogP contribution in [0.15, 0.2) is 35.3 Å². The number of hydrogen-bond acceptors (Lipinski definition) is 2. The highest BCUT2D eigenvalue weighted by molar-refractivity contribution is 6.31. The van der Waals surface area contributed by atoms with Crippen LogP contribution in [0, 0.1) is 11.6 Å². The van der Waals surface area contributed by atoms with Crippen molar-refractivity contribution in [3.8, 4) is 0 Å². The van der Waals surface area contributed by atoms with Gasteiger partial charge in [0.25, 0.3) is 0 Å². The maximum Gasteiger partial charge on any atom is 0.141 e. The average Bonchev–Trinajstić information content (AvgIpc) is 2.54. The number of hydrogen-bond donors (Lipinski definition) is 0. The molecule has 2 aromatic carbocycles. The lowest BCUT2D eigenvalue weighted by molar-refractivity contribution is 0.394. The zero-order chi connectivity index (χ0) is 18.4. The van der Waals surface area contributed by atoms with Crippen molar-refractivity contribution in [2.24, 2.45) is 4.99 Å². The van der Waals surface area contributed by atoms with Gasteiger partial charge in [-0.25, -0.2) is 8.78 Å². The fourth-order valence-corrected chi connectivity index (χ4v) is 3.59. The van der Waals surface area contributed by atoms with Crippen molar-refractivity contribution in [1.29, 1.82) is 0 Å². The van der Waals surface area contributed by atoms with E-state index in [1.165, 1.54) is 24.4 Å². The molecule has 1 aliphatic rings. The van der Waals surface area contributed by atoms with Crippen molar-refractivity contribution in [2.75, 3.05) is 11.9 Å². The standard InChI is InChI=1S/C20H21ClF2N2/c1-12-10-20(2,3)25(4)19-9-18(23)13(7-15(12)19)11-24-14-5-6-17(22)16(21)8-14/h5-9,11-12H,10H2,1-4H3. The van der Waals surface area contributed by atoms with Crippen molar-refractivity contribution in [3.63, 3.8) is 0 Å². The van der Waals surface area contributed by atoms with E-state index >= 15 is 0 Å². The summed E-state index contributed by atoms with van der Waals surface area (Å²) in [5.41, 5.74) is 2.92. The molecule has 2 aromatic rings. The molecule has 132 valence electrons. The van der Waals surface area contributed by atoms with Gasteiger partial charge in [-0.15, -0.1) is 0 Å². The highest BCUT2D eigenvalue weighted by atomic mass is 35.5. The molecule has 5 heteroatoms. The first-order valence-electron chi connectivity index (χ1n) is 8.25. The van der Waals surface area contributed by atoms with Crippen LogP contribution in [0.5, 0.6) is 0 Å². The van der Waals surface area contributed by atoms with Crippen molar-refractivity contribution in [2.45, 2.75) is 38.6 Å². The van der Waals surface area contributed by atoms with E-state index in [1.807, 2.05) is 13.1 Å². The predicted octanol–water partition coefficient (Wildman–Crippen LogP) is 6.09. The molecule has 25 heavy (non-hydrogen) atoms. The summed E-state index contributed by atoms with van der Waals surface area (Å²) in [6.07, 6.45) is 2.46. The van der Waals surface area contributed by atoms with Crippen LogP contribution in [0.1, 0.15) is 44.2 Å². The minimum absolute atomic E-state index is 0.00181. The second-order valence-electron chi connectivity index (χ2n) is 7.27. The van der Waals surface area contributed by atoms with Crippen LogP contribution >= 0.6 is 11.6 Å². The zero-order valence-electron chi connectivity index (χ0n) is 14.8. The monoisotopic (exact) mass is 362 g/mol. The summed E-state index contributed by atoms with van der Waals surface area (Å²) in [7, 11) is 2.00. The Morgan fingerprint density at radius 2 is 1.92 bits per heavy atom. The third kappa shape index (κ3) is 3.40. The Hall–Kier alpha value is -1.94. The number of fused-ring (bicyclic) bond motifs is 1. The summed E-state index contributed by atoms with van der Waals surface area (Å²) >= 11 is 5.76. The van der Waals surface area contributed by atoms with Crippen molar-refractivity contribution >= 4 is 29.2 Å². The van der Waals surface area contributed by atoms with Gasteiger partial charge < -0.3 is 4.90 Å².